The molecule has 0 spiro atoms. The van der Waals surface area contributed by atoms with Gasteiger partial charge in [0.25, 0.3) is 0 Å². The lowest BCUT2D eigenvalue weighted by molar-refractivity contribution is 0.0608. The molecule has 0 bridgehead atoms. The Hall–Kier alpha value is -0.170. The van der Waals surface area contributed by atoms with Crippen molar-refractivity contribution in [1.29, 1.82) is 0 Å². The Morgan fingerprint density at radius 2 is 1.80 bits per heavy atom. The van der Waals surface area contributed by atoms with Gasteiger partial charge in [-0.3, -0.25) is 4.90 Å². The molecule has 2 aliphatic heterocycles. The van der Waals surface area contributed by atoms with E-state index in [1.54, 1.807) is 0 Å². The quantitative estimate of drug-likeness (QED) is 0.806. The fourth-order valence-corrected chi connectivity index (χ4v) is 4.53. The summed E-state index contributed by atoms with van der Waals surface area (Å²) in [5, 5.41) is 3.33. The van der Waals surface area contributed by atoms with Crippen molar-refractivity contribution >= 4 is 9.84 Å². The Kier molecular flexibility index (Phi) is 5.10. The first-order valence-electron chi connectivity index (χ1n) is 7.67. The van der Waals surface area contributed by atoms with Crippen LogP contribution >= 0.6 is 0 Å². The minimum Gasteiger partial charge on any atom is -0.312 e. The molecule has 5 nitrogen and oxygen atoms in total. The number of hydrogen-bond donors (Lipinski definition) is 1. The van der Waals surface area contributed by atoms with E-state index in [0.717, 1.165) is 39.1 Å². The fourth-order valence-electron chi connectivity index (χ4n) is 3.03. The zero-order valence-electron chi connectivity index (χ0n) is 13.1. The third kappa shape index (κ3) is 4.69. The molecule has 1 unspecified atom stereocenters. The molecule has 20 heavy (non-hydrogen) atoms. The fraction of sp³-hybridized carbons (Fsp3) is 1.00. The van der Waals surface area contributed by atoms with E-state index in [1.807, 2.05) is 0 Å². The molecular formula is C14H29N3O2S. The molecule has 1 N–H and O–H groups in total. The van der Waals surface area contributed by atoms with Gasteiger partial charge in [0.15, 0.2) is 9.84 Å². The number of nitrogens with zero attached hydrogens (tertiary/aromatic N) is 2. The van der Waals surface area contributed by atoms with Crippen LogP contribution < -0.4 is 5.32 Å². The van der Waals surface area contributed by atoms with Crippen LogP contribution in [0, 0.1) is 0 Å². The van der Waals surface area contributed by atoms with Crippen LogP contribution in [0.3, 0.4) is 0 Å². The van der Waals surface area contributed by atoms with E-state index in [2.05, 4.69) is 35.9 Å². The van der Waals surface area contributed by atoms with E-state index in [9.17, 15) is 8.42 Å². The molecule has 2 saturated heterocycles. The number of sulfone groups is 1. The van der Waals surface area contributed by atoms with Crippen LogP contribution in [0.5, 0.6) is 0 Å². The molecule has 2 fully saturated rings. The first-order chi connectivity index (χ1) is 9.26. The van der Waals surface area contributed by atoms with Crippen LogP contribution in [0.25, 0.3) is 0 Å². The Morgan fingerprint density at radius 1 is 1.15 bits per heavy atom. The van der Waals surface area contributed by atoms with Gasteiger partial charge in [0.1, 0.15) is 0 Å². The summed E-state index contributed by atoms with van der Waals surface area (Å²) >= 11 is 0. The highest BCUT2D eigenvalue weighted by Gasteiger charge is 2.27. The first-order valence-corrected chi connectivity index (χ1v) is 9.50. The summed E-state index contributed by atoms with van der Waals surface area (Å²) in [6.07, 6.45) is 0.939. The van der Waals surface area contributed by atoms with Crippen LogP contribution in [-0.4, -0.2) is 80.6 Å². The monoisotopic (exact) mass is 303 g/mol. The second-order valence-corrected chi connectivity index (χ2v) is 9.28. The van der Waals surface area contributed by atoms with Gasteiger partial charge in [0.2, 0.25) is 0 Å². The van der Waals surface area contributed by atoms with E-state index in [-0.39, 0.29) is 11.6 Å². The van der Waals surface area contributed by atoms with Gasteiger partial charge in [0.05, 0.1) is 11.5 Å². The van der Waals surface area contributed by atoms with Crippen molar-refractivity contribution in [2.24, 2.45) is 0 Å². The van der Waals surface area contributed by atoms with Crippen molar-refractivity contribution < 1.29 is 8.42 Å². The average Bonchev–Trinajstić information content (AvgIpc) is 2.35. The highest BCUT2D eigenvalue weighted by Crippen LogP contribution is 2.16. The Labute approximate surface area is 123 Å². The maximum absolute atomic E-state index is 11.6. The van der Waals surface area contributed by atoms with Gasteiger partial charge in [-0.25, -0.2) is 8.42 Å². The Bertz CT molecular complexity index is 409. The number of nitrogens with one attached hydrogen (secondary N) is 1. The van der Waals surface area contributed by atoms with Crippen molar-refractivity contribution in [2.45, 2.75) is 38.8 Å². The molecule has 0 aromatic heterocycles. The lowest BCUT2D eigenvalue weighted by Crippen LogP contribution is -2.54. The van der Waals surface area contributed by atoms with E-state index < -0.39 is 9.84 Å². The largest absolute Gasteiger partial charge is 0.312 e. The molecular weight excluding hydrogens is 274 g/mol. The normalized spacial score (nSPS) is 29.4. The number of rotatable bonds is 3. The maximum Gasteiger partial charge on any atom is 0.153 e. The lowest BCUT2D eigenvalue weighted by atomic mass is 10.0. The van der Waals surface area contributed by atoms with Gasteiger partial charge in [-0.1, -0.05) is 0 Å². The van der Waals surface area contributed by atoms with Crippen molar-refractivity contribution in [3.63, 3.8) is 0 Å². The highest BCUT2D eigenvalue weighted by atomic mass is 32.2. The van der Waals surface area contributed by atoms with Gasteiger partial charge in [-0.2, -0.15) is 0 Å². The van der Waals surface area contributed by atoms with Crippen molar-refractivity contribution in [3.05, 3.63) is 0 Å². The van der Waals surface area contributed by atoms with Crippen molar-refractivity contribution in [1.82, 2.24) is 15.1 Å². The summed E-state index contributed by atoms with van der Waals surface area (Å²) in [6.45, 7) is 12.8. The van der Waals surface area contributed by atoms with Gasteiger partial charge >= 0.3 is 0 Å². The predicted octanol–water partition coefficient (Wildman–Crippen LogP) is 0.179. The smallest absolute Gasteiger partial charge is 0.153 e. The molecule has 118 valence electrons. The molecule has 2 rings (SSSR count). The molecule has 0 aromatic carbocycles. The highest BCUT2D eigenvalue weighted by molar-refractivity contribution is 7.91. The number of hydrogen-bond acceptors (Lipinski definition) is 5. The molecule has 0 saturated carbocycles. The summed E-state index contributed by atoms with van der Waals surface area (Å²) in [7, 11) is -2.80. The molecule has 0 aromatic rings. The van der Waals surface area contributed by atoms with Crippen LogP contribution in [0.1, 0.15) is 27.2 Å². The molecule has 0 radical (unpaired) electrons. The average molecular weight is 303 g/mol. The summed E-state index contributed by atoms with van der Waals surface area (Å²) in [6, 6.07) is 0.148. The third-order valence-electron chi connectivity index (χ3n) is 4.42. The van der Waals surface area contributed by atoms with E-state index in [0.29, 0.717) is 18.1 Å². The van der Waals surface area contributed by atoms with Crippen LogP contribution in [0.15, 0.2) is 0 Å². The second-order valence-electron chi connectivity index (χ2n) is 7.05. The zero-order valence-corrected chi connectivity index (χ0v) is 13.9. The number of piperazine rings is 1. The maximum atomic E-state index is 11.6. The standard InChI is InChI=1S/C14H29N3O2S/c1-14(2,3)17-9-7-16(8-10-17)6-4-13-12-20(18,19)11-5-15-13/h13,15H,4-12H2,1-3H3. The zero-order chi connectivity index (χ0) is 14.8. The molecule has 0 aliphatic carbocycles. The second kappa shape index (κ2) is 6.30. The van der Waals surface area contributed by atoms with Gasteiger partial charge < -0.3 is 10.2 Å². The van der Waals surface area contributed by atoms with Crippen LogP contribution in [0.4, 0.5) is 0 Å². The van der Waals surface area contributed by atoms with E-state index in [4.69, 9.17) is 0 Å². The van der Waals surface area contributed by atoms with Crippen molar-refractivity contribution in [3.8, 4) is 0 Å². The third-order valence-corrected chi connectivity index (χ3v) is 6.15. The Morgan fingerprint density at radius 3 is 2.35 bits per heavy atom. The van der Waals surface area contributed by atoms with E-state index >= 15 is 0 Å². The Balaban J connectivity index is 1.71. The molecule has 2 heterocycles. The van der Waals surface area contributed by atoms with Gasteiger partial charge in [0, 0.05) is 44.3 Å². The van der Waals surface area contributed by atoms with E-state index in [1.165, 1.54) is 0 Å². The first kappa shape index (κ1) is 16.2. The molecule has 6 heteroatoms. The molecule has 2 aliphatic rings. The SMILES string of the molecule is CC(C)(C)N1CCN(CCC2CS(=O)(=O)CCN2)CC1. The van der Waals surface area contributed by atoms with Gasteiger partial charge in [-0.15, -0.1) is 0 Å². The summed E-state index contributed by atoms with van der Waals surface area (Å²) in [5.74, 6) is 0.614. The van der Waals surface area contributed by atoms with Gasteiger partial charge in [-0.05, 0) is 33.7 Å². The molecule has 0 amide bonds. The summed E-state index contributed by atoms with van der Waals surface area (Å²) in [5.41, 5.74) is 0.255. The topological polar surface area (TPSA) is 52.7 Å². The lowest BCUT2D eigenvalue weighted by Gasteiger charge is -2.42. The van der Waals surface area contributed by atoms with Crippen LogP contribution in [0.2, 0.25) is 0 Å². The summed E-state index contributed by atoms with van der Waals surface area (Å²) < 4.78 is 23.2. The van der Waals surface area contributed by atoms with Crippen LogP contribution in [-0.2, 0) is 9.84 Å². The minimum atomic E-state index is -2.80. The summed E-state index contributed by atoms with van der Waals surface area (Å²) in [4.78, 5) is 4.98. The minimum absolute atomic E-state index is 0.148. The molecule has 1 atom stereocenters. The van der Waals surface area contributed by atoms with Crippen molar-refractivity contribution in [2.75, 3.05) is 50.8 Å². The predicted molar refractivity (Wildman–Crippen MR) is 82.8 cm³/mol.